The molecule has 0 spiro atoms. The second-order valence-electron chi connectivity index (χ2n) is 5.23. The van der Waals surface area contributed by atoms with Gasteiger partial charge in [-0.3, -0.25) is 4.79 Å². The van der Waals surface area contributed by atoms with E-state index in [-0.39, 0.29) is 16.9 Å². The minimum absolute atomic E-state index is 0.0381. The van der Waals surface area contributed by atoms with Crippen LogP contribution in [0.5, 0.6) is 0 Å². The van der Waals surface area contributed by atoms with Crippen molar-refractivity contribution in [3.05, 3.63) is 34.1 Å². The summed E-state index contributed by atoms with van der Waals surface area (Å²) < 4.78 is 19.6. The van der Waals surface area contributed by atoms with Crippen LogP contribution in [0.3, 0.4) is 0 Å². The number of ether oxygens (including phenoxy) is 1. The number of amides is 1. The van der Waals surface area contributed by atoms with Crippen molar-refractivity contribution in [1.29, 1.82) is 0 Å². The Morgan fingerprint density at radius 2 is 2.16 bits per heavy atom. The Morgan fingerprint density at radius 3 is 2.84 bits per heavy atom. The van der Waals surface area contributed by atoms with Crippen LogP contribution in [0.15, 0.2) is 22.7 Å². The fourth-order valence-electron chi connectivity index (χ4n) is 2.10. The molecule has 1 heterocycles. The zero-order valence-electron chi connectivity index (χ0n) is 10.8. The van der Waals surface area contributed by atoms with Gasteiger partial charge in [0.15, 0.2) is 0 Å². The molecule has 1 aliphatic heterocycles. The highest BCUT2D eigenvalue weighted by Crippen LogP contribution is 2.28. The first-order valence-corrected chi connectivity index (χ1v) is 7.10. The van der Waals surface area contributed by atoms with E-state index in [1.165, 1.54) is 12.1 Å². The fourth-order valence-corrected chi connectivity index (χ4v) is 2.46. The van der Waals surface area contributed by atoms with Gasteiger partial charge in [-0.05, 0) is 36.5 Å². The molecule has 1 N–H and O–H groups in total. The van der Waals surface area contributed by atoms with E-state index in [1.54, 1.807) is 6.07 Å². The summed E-state index contributed by atoms with van der Waals surface area (Å²) >= 11 is 3.24. The Labute approximate surface area is 120 Å². The Hall–Kier alpha value is -0.940. The summed E-state index contributed by atoms with van der Waals surface area (Å²) in [6, 6.07) is 4.36. The fraction of sp³-hybridized carbons (Fsp3) is 0.500. The minimum Gasteiger partial charge on any atom is -0.381 e. The molecule has 0 unspecified atom stereocenters. The Morgan fingerprint density at radius 1 is 1.47 bits per heavy atom. The van der Waals surface area contributed by atoms with Crippen LogP contribution < -0.4 is 5.32 Å². The van der Waals surface area contributed by atoms with Crippen LogP contribution >= 0.6 is 15.9 Å². The number of nitrogens with one attached hydrogen (secondary N) is 1. The maximum Gasteiger partial charge on any atom is 0.254 e. The van der Waals surface area contributed by atoms with Crippen LogP contribution in [0.25, 0.3) is 0 Å². The predicted octanol–water partition coefficient (Wildman–Crippen LogP) is 3.13. The van der Waals surface area contributed by atoms with Crippen molar-refractivity contribution in [1.82, 2.24) is 5.32 Å². The molecule has 0 saturated carbocycles. The van der Waals surface area contributed by atoms with E-state index in [9.17, 15) is 9.18 Å². The summed E-state index contributed by atoms with van der Waals surface area (Å²) in [5.41, 5.74) is 0.112. The Kier molecular flexibility index (Phi) is 4.58. The van der Waals surface area contributed by atoms with Gasteiger partial charge in [0.2, 0.25) is 0 Å². The Bertz CT molecular complexity index is 473. The smallest absolute Gasteiger partial charge is 0.254 e. The first kappa shape index (κ1) is 14.5. The van der Waals surface area contributed by atoms with Gasteiger partial charge in [0.1, 0.15) is 5.82 Å². The Balaban J connectivity index is 1.99. The van der Waals surface area contributed by atoms with Crippen molar-refractivity contribution < 1.29 is 13.9 Å². The highest BCUT2D eigenvalue weighted by Gasteiger charge is 2.28. The number of hydrogen-bond donors (Lipinski definition) is 1. The zero-order valence-corrected chi connectivity index (χ0v) is 12.4. The second kappa shape index (κ2) is 6.01. The zero-order chi connectivity index (χ0) is 13.9. The minimum atomic E-state index is -0.502. The van der Waals surface area contributed by atoms with Crippen LogP contribution in [0, 0.1) is 11.2 Å². The molecule has 19 heavy (non-hydrogen) atoms. The van der Waals surface area contributed by atoms with Crippen LogP contribution in [0.4, 0.5) is 4.39 Å². The van der Waals surface area contributed by atoms with Gasteiger partial charge in [-0.2, -0.15) is 0 Å². The third kappa shape index (κ3) is 3.76. The average Bonchev–Trinajstić information content (AvgIpc) is 2.40. The van der Waals surface area contributed by atoms with Crippen molar-refractivity contribution in [2.24, 2.45) is 5.41 Å². The first-order valence-electron chi connectivity index (χ1n) is 6.31. The van der Waals surface area contributed by atoms with E-state index in [1.807, 2.05) is 0 Å². The molecule has 1 saturated heterocycles. The lowest BCUT2D eigenvalue weighted by molar-refractivity contribution is 0.0238. The van der Waals surface area contributed by atoms with Crippen molar-refractivity contribution in [3.8, 4) is 0 Å². The number of benzene rings is 1. The molecule has 0 bridgehead atoms. The van der Waals surface area contributed by atoms with E-state index >= 15 is 0 Å². The van der Waals surface area contributed by atoms with Crippen molar-refractivity contribution in [2.75, 3.05) is 19.8 Å². The summed E-state index contributed by atoms with van der Waals surface area (Å²) in [5.74, 6) is -0.871. The van der Waals surface area contributed by atoms with Crippen molar-refractivity contribution in [3.63, 3.8) is 0 Å². The highest BCUT2D eigenvalue weighted by atomic mass is 79.9. The molecular weight excluding hydrogens is 313 g/mol. The van der Waals surface area contributed by atoms with E-state index in [0.29, 0.717) is 11.0 Å². The lowest BCUT2D eigenvalue weighted by Crippen LogP contribution is -2.39. The summed E-state index contributed by atoms with van der Waals surface area (Å²) in [7, 11) is 0. The lowest BCUT2D eigenvalue weighted by Gasteiger charge is -2.33. The molecule has 3 nitrogen and oxygen atoms in total. The molecule has 2 rings (SSSR count). The number of carbonyl (C=O) groups excluding carboxylic acids is 1. The highest BCUT2D eigenvalue weighted by molar-refractivity contribution is 9.10. The molecule has 0 radical (unpaired) electrons. The third-order valence-corrected chi connectivity index (χ3v) is 4.04. The number of rotatable bonds is 3. The van der Waals surface area contributed by atoms with E-state index in [4.69, 9.17) is 4.74 Å². The maximum absolute atomic E-state index is 13.6. The molecular formula is C14H17BrFNO2. The topological polar surface area (TPSA) is 38.3 Å². The quantitative estimate of drug-likeness (QED) is 0.925. The van der Waals surface area contributed by atoms with E-state index < -0.39 is 5.82 Å². The maximum atomic E-state index is 13.6. The first-order chi connectivity index (χ1) is 9.00. The molecule has 0 atom stereocenters. The molecule has 0 aliphatic carbocycles. The van der Waals surface area contributed by atoms with E-state index in [2.05, 4.69) is 28.2 Å². The predicted molar refractivity (Wildman–Crippen MR) is 74.6 cm³/mol. The molecule has 104 valence electrons. The molecule has 1 aromatic carbocycles. The van der Waals surface area contributed by atoms with Crippen LogP contribution in [0.1, 0.15) is 30.1 Å². The lowest BCUT2D eigenvalue weighted by atomic mass is 9.82. The molecule has 5 heteroatoms. The normalized spacial score (nSPS) is 18.1. The van der Waals surface area contributed by atoms with Gasteiger partial charge in [0, 0.05) is 24.2 Å². The van der Waals surface area contributed by atoms with Gasteiger partial charge in [0.25, 0.3) is 5.91 Å². The summed E-state index contributed by atoms with van der Waals surface area (Å²) in [6.07, 6.45) is 1.82. The van der Waals surface area contributed by atoms with Gasteiger partial charge in [-0.15, -0.1) is 0 Å². The van der Waals surface area contributed by atoms with E-state index in [0.717, 1.165) is 26.1 Å². The molecule has 1 aliphatic rings. The molecule has 1 amide bonds. The van der Waals surface area contributed by atoms with Crippen LogP contribution in [-0.4, -0.2) is 25.7 Å². The standard InChI is InChI=1S/C14H17BrFNO2/c1-14(4-6-19-7-5-14)9-17-13(18)11-8-10(15)2-3-12(11)16/h2-3,8H,4-7,9H2,1H3,(H,17,18). The summed E-state index contributed by atoms with van der Waals surface area (Å²) in [5, 5.41) is 2.82. The second-order valence-corrected chi connectivity index (χ2v) is 6.15. The van der Waals surface area contributed by atoms with Gasteiger partial charge in [-0.25, -0.2) is 4.39 Å². The molecule has 1 aromatic rings. The average molecular weight is 330 g/mol. The summed E-state index contributed by atoms with van der Waals surface area (Å²) in [4.78, 5) is 12.0. The van der Waals surface area contributed by atoms with Gasteiger partial charge >= 0.3 is 0 Å². The number of halogens is 2. The number of hydrogen-bond acceptors (Lipinski definition) is 2. The molecule has 1 fully saturated rings. The number of carbonyl (C=O) groups is 1. The van der Waals surface area contributed by atoms with Crippen molar-refractivity contribution in [2.45, 2.75) is 19.8 Å². The van der Waals surface area contributed by atoms with Crippen molar-refractivity contribution >= 4 is 21.8 Å². The van der Waals surface area contributed by atoms with Crippen LogP contribution in [0.2, 0.25) is 0 Å². The monoisotopic (exact) mass is 329 g/mol. The summed E-state index contributed by atoms with van der Waals surface area (Å²) in [6.45, 7) is 4.10. The third-order valence-electron chi connectivity index (χ3n) is 3.55. The van der Waals surface area contributed by atoms with Gasteiger partial charge < -0.3 is 10.1 Å². The molecule has 0 aromatic heterocycles. The largest absolute Gasteiger partial charge is 0.381 e. The van der Waals surface area contributed by atoms with Crippen LogP contribution in [-0.2, 0) is 4.74 Å². The SMILES string of the molecule is CC1(CNC(=O)c2cc(Br)ccc2F)CCOCC1. The van der Waals surface area contributed by atoms with Gasteiger partial charge in [0.05, 0.1) is 5.56 Å². The van der Waals surface area contributed by atoms with Gasteiger partial charge in [-0.1, -0.05) is 22.9 Å².